The minimum absolute atomic E-state index is 0. The van der Waals surface area contributed by atoms with Gasteiger partial charge in [-0.15, -0.1) is 23.7 Å². The molecule has 0 saturated carbocycles. The first kappa shape index (κ1) is 21.1. The summed E-state index contributed by atoms with van der Waals surface area (Å²) < 4.78 is 33.6. The maximum Gasteiger partial charge on any atom is 0.349 e. The van der Waals surface area contributed by atoms with Gasteiger partial charge in [-0.1, -0.05) is 18.2 Å². The molecular formula is C17H23ClN2O4S2. The van der Waals surface area contributed by atoms with Gasteiger partial charge in [-0.05, 0) is 31.7 Å². The van der Waals surface area contributed by atoms with Crippen molar-refractivity contribution in [3.63, 3.8) is 0 Å². The van der Waals surface area contributed by atoms with Gasteiger partial charge >= 0.3 is 5.97 Å². The highest BCUT2D eigenvalue weighted by molar-refractivity contribution is 7.89. The maximum atomic E-state index is 13.3. The number of nitrogens with two attached hydrogens (primary N) is 1. The van der Waals surface area contributed by atoms with Crippen molar-refractivity contribution in [3.05, 3.63) is 29.1 Å². The number of thiophene rings is 1. The average molecular weight is 419 g/mol. The first-order valence-electron chi connectivity index (χ1n) is 8.22. The number of sulfonamides is 1. The molecule has 0 bridgehead atoms. The van der Waals surface area contributed by atoms with Crippen LogP contribution in [-0.2, 0) is 14.8 Å². The van der Waals surface area contributed by atoms with Crippen LogP contribution < -0.4 is 5.73 Å². The molecule has 1 unspecified atom stereocenters. The summed E-state index contributed by atoms with van der Waals surface area (Å²) in [7, 11) is -2.52. The van der Waals surface area contributed by atoms with Crippen LogP contribution in [0.15, 0.2) is 29.2 Å². The number of hydrogen-bond donors (Lipinski definition) is 1. The zero-order chi connectivity index (χ0) is 18.2. The van der Waals surface area contributed by atoms with E-state index in [-0.39, 0.29) is 28.2 Å². The molecule has 1 aromatic heterocycles. The van der Waals surface area contributed by atoms with E-state index in [1.165, 1.54) is 11.4 Å². The van der Waals surface area contributed by atoms with Crippen LogP contribution in [0.4, 0.5) is 0 Å². The Hall–Kier alpha value is -1.19. The Morgan fingerprint density at radius 2 is 1.92 bits per heavy atom. The fourth-order valence-electron chi connectivity index (χ4n) is 3.28. The lowest BCUT2D eigenvalue weighted by Crippen LogP contribution is -2.42. The molecule has 0 aliphatic carbocycles. The Labute approximate surface area is 163 Å². The molecule has 0 amide bonds. The van der Waals surface area contributed by atoms with Crippen LogP contribution in [0, 0.1) is 5.92 Å². The molecule has 1 saturated heterocycles. The van der Waals surface area contributed by atoms with Crippen molar-refractivity contribution >= 4 is 49.8 Å². The van der Waals surface area contributed by atoms with Gasteiger partial charge in [-0.3, -0.25) is 0 Å². The summed E-state index contributed by atoms with van der Waals surface area (Å²) in [6.45, 7) is 2.79. The zero-order valence-corrected chi connectivity index (χ0v) is 17.1. The van der Waals surface area contributed by atoms with Crippen LogP contribution >= 0.6 is 23.7 Å². The van der Waals surface area contributed by atoms with Crippen molar-refractivity contribution in [1.82, 2.24) is 4.31 Å². The smallest absolute Gasteiger partial charge is 0.349 e. The summed E-state index contributed by atoms with van der Waals surface area (Å²) in [6, 6.07) is 7.20. The number of methoxy groups -OCH3 is 1. The lowest BCUT2D eigenvalue weighted by Gasteiger charge is -2.33. The Morgan fingerprint density at radius 3 is 2.50 bits per heavy atom. The summed E-state index contributed by atoms with van der Waals surface area (Å²) >= 11 is 1.15. The number of carbonyl (C=O) groups excluding carboxylic acids is 1. The van der Waals surface area contributed by atoms with E-state index in [1.54, 1.807) is 12.1 Å². The number of rotatable bonds is 4. The predicted octanol–water partition coefficient (Wildman–Crippen LogP) is 2.86. The van der Waals surface area contributed by atoms with Gasteiger partial charge in [0.25, 0.3) is 0 Å². The predicted molar refractivity (Wildman–Crippen MR) is 106 cm³/mol. The molecule has 2 aromatic rings. The van der Waals surface area contributed by atoms with Crippen LogP contribution in [-0.4, -0.2) is 44.9 Å². The lowest BCUT2D eigenvalue weighted by atomic mass is 9.92. The van der Waals surface area contributed by atoms with Crippen molar-refractivity contribution in [3.8, 4) is 0 Å². The largest absolute Gasteiger partial charge is 0.465 e. The summed E-state index contributed by atoms with van der Waals surface area (Å²) in [6.07, 6.45) is 1.46. The summed E-state index contributed by atoms with van der Waals surface area (Å²) in [4.78, 5) is 12.4. The fourth-order valence-corrected chi connectivity index (χ4v) is 6.52. The molecule has 2 N–H and O–H groups in total. The maximum absolute atomic E-state index is 13.3. The molecule has 2 heterocycles. The molecule has 3 rings (SSSR count). The molecule has 1 aliphatic rings. The number of nitrogens with zero attached hydrogens (tertiary/aromatic N) is 1. The van der Waals surface area contributed by atoms with E-state index >= 15 is 0 Å². The molecule has 0 spiro atoms. The van der Waals surface area contributed by atoms with Crippen LogP contribution in [0.1, 0.15) is 29.4 Å². The average Bonchev–Trinajstić information content (AvgIpc) is 3.01. The highest BCUT2D eigenvalue weighted by Gasteiger charge is 2.36. The van der Waals surface area contributed by atoms with Crippen molar-refractivity contribution in [1.29, 1.82) is 0 Å². The van der Waals surface area contributed by atoms with E-state index in [0.717, 1.165) is 28.9 Å². The number of halogens is 1. The number of piperidine rings is 1. The molecule has 1 aliphatic heterocycles. The van der Waals surface area contributed by atoms with E-state index in [2.05, 4.69) is 0 Å². The van der Waals surface area contributed by atoms with Gasteiger partial charge in [-0.25, -0.2) is 13.2 Å². The van der Waals surface area contributed by atoms with E-state index in [4.69, 9.17) is 10.5 Å². The molecule has 1 aromatic carbocycles. The first-order valence-corrected chi connectivity index (χ1v) is 10.5. The van der Waals surface area contributed by atoms with Crippen molar-refractivity contribution in [2.45, 2.75) is 30.7 Å². The molecule has 144 valence electrons. The molecule has 9 heteroatoms. The van der Waals surface area contributed by atoms with Crippen LogP contribution in [0.2, 0.25) is 0 Å². The van der Waals surface area contributed by atoms with E-state index in [1.807, 2.05) is 19.1 Å². The number of carbonyl (C=O) groups is 1. The van der Waals surface area contributed by atoms with E-state index in [9.17, 15) is 13.2 Å². The molecule has 26 heavy (non-hydrogen) atoms. The van der Waals surface area contributed by atoms with Gasteiger partial charge in [0.05, 0.1) is 7.11 Å². The number of fused-ring (bicyclic) bond motifs is 1. The molecule has 0 radical (unpaired) electrons. The van der Waals surface area contributed by atoms with Crippen molar-refractivity contribution < 1.29 is 17.9 Å². The van der Waals surface area contributed by atoms with Gasteiger partial charge in [0.2, 0.25) is 10.0 Å². The minimum Gasteiger partial charge on any atom is -0.465 e. The van der Waals surface area contributed by atoms with Gasteiger partial charge < -0.3 is 10.5 Å². The summed E-state index contributed by atoms with van der Waals surface area (Å²) in [5.74, 6) is -0.295. The van der Waals surface area contributed by atoms with Crippen LogP contribution in [0.25, 0.3) is 10.1 Å². The number of ether oxygens (including phenoxy) is 1. The molecule has 6 nitrogen and oxygen atoms in total. The highest BCUT2D eigenvalue weighted by atomic mass is 35.5. The highest BCUT2D eigenvalue weighted by Crippen LogP contribution is 2.37. The number of hydrogen-bond acceptors (Lipinski definition) is 6. The Kier molecular flexibility index (Phi) is 6.68. The van der Waals surface area contributed by atoms with Crippen LogP contribution in [0.5, 0.6) is 0 Å². The second-order valence-electron chi connectivity index (χ2n) is 6.35. The summed E-state index contributed by atoms with van der Waals surface area (Å²) in [5, 5.41) is 0.571. The summed E-state index contributed by atoms with van der Waals surface area (Å²) in [5.41, 5.74) is 5.94. The second-order valence-corrected chi connectivity index (χ2v) is 9.28. The molecular weight excluding hydrogens is 396 g/mol. The normalized spacial score (nSPS) is 17.7. The van der Waals surface area contributed by atoms with Gasteiger partial charge in [0.15, 0.2) is 0 Å². The Balaban J connectivity index is 0.00000243. The lowest BCUT2D eigenvalue weighted by molar-refractivity contribution is 0.0602. The standard InChI is InChI=1S/C17H22N2O4S2.ClH/c1-11(18)12-7-9-19(10-8-12)25(21,22)16-13-5-3-4-6-14(13)24-15(16)17(20)23-2;/h3-6,11-12H,7-10,18H2,1-2H3;1H. The van der Waals surface area contributed by atoms with Gasteiger partial charge in [-0.2, -0.15) is 4.31 Å². The monoisotopic (exact) mass is 418 g/mol. The van der Waals surface area contributed by atoms with E-state index in [0.29, 0.717) is 24.4 Å². The number of esters is 1. The third-order valence-corrected chi connectivity index (χ3v) is 8.03. The topological polar surface area (TPSA) is 89.7 Å². The SMILES string of the molecule is COC(=O)c1sc2ccccc2c1S(=O)(=O)N1CCC(C(C)N)CC1.Cl. The minimum atomic E-state index is -3.78. The quantitative estimate of drug-likeness (QED) is 0.771. The van der Waals surface area contributed by atoms with Crippen molar-refractivity contribution in [2.75, 3.05) is 20.2 Å². The second kappa shape index (κ2) is 8.22. The first-order chi connectivity index (χ1) is 11.9. The fraction of sp³-hybridized carbons (Fsp3) is 0.471. The Morgan fingerprint density at radius 1 is 1.31 bits per heavy atom. The van der Waals surface area contributed by atoms with Gasteiger partial charge in [0, 0.05) is 29.2 Å². The molecule has 1 atom stereocenters. The Bertz CT molecular complexity index is 887. The third kappa shape index (κ3) is 3.75. The number of benzene rings is 1. The van der Waals surface area contributed by atoms with Gasteiger partial charge in [0.1, 0.15) is 9.77 Å². The van der Waals surface area contributed by atoms with Crippen molar-refractivity contribution in [2.24, 2.45) is 11.7 Å². The van der Waals surface area contributed by atoms with E-state index < -0.39 is 16.0 Å². The zero-order valence-electron chi connectivity index (χ0n) is 14.7. The van der Waals surface area contributed by atoms with Crippen LogP contribution in [0.3, 0.4) is 0 Å². The molecule has 1 fully saturated rings. The third-order valence-electron chi connectivity index (χ3n) is 4.76.